The zero-order chi connectivity index (χ0) is 8.12. The minimum atomic E-state index is 0. The van der Waals surface area contributed by atoms with Crippen LogP contribution in [0, 0.1) is 0 Å². The van der Waals surface area contributed by atoms with Gasteiger partial charge in [-0.15, -0.1) is 0 Å². The molecule has 0 heterocycles. The van der Waals surface area contributed by atoms with E-state index < -0.39 is 0 Å². The standard InChI is InChI=1S/3C2H5N.H3N/c3*1-2-3;/h3*2H,1,3H2;1H3. The van der Waals surface area contributed by atoms with Crippen molar-refractivity contribution in [3.05, 3.63) is 38.3 Å². The average molecular weight is 146 g/mol. The van der Waals surface area contributed by atoms with Gasteiger partial charge in [0.2, 0.25) is 0 Å². The van der Waals surface area contributed by atoms with Gasteiger partial charge in [0, 0.05) is 0 Å². The molecule has 0 rings (SSSR count). The SMILES string of the molecule is C=CN.C=CN.C=CN.N. The molecule has 62 valence electrons. The third-order valence-corrected chi connectivity index (χ3v) is 0. The van der Waals surface area contributed by atoms with Crippen molar-refractivity contribution in [3.63, 3.8) is 0 Å². The van der Waals surface area contributed by atoms with E-state index in [1.165, 1.54) is 18.6 Å². The molecule has 0 aromatic carbocycles. The van der Waals surface area contributed by atoms with Gasteiger partial charge in [0.15, 0.2) is 0 Å². The predicted octanol–water partition coefficient (Wildman–Crippen LogP) is 0.428. The van der Waals surface area contributed by atoms with Crippen molar-refractivity contribution >= 4 is 0 Å². The van der Waals surface area contributed by atoms with Crippen LogP contribution in [0.4, 0.5) is 0 Å². The van der Waals surface area contributed by atoms with Gasteiger partial charge in [-0.2, -0.15) is 0 Å². The van der Waals surface area contributed by atoms with Gasteiger partial charge >= 0.3 is 0 Å². The Morgan fingerprint density at radius 3 is 0.700 bits per heavy atom. The predicted molar refractivity (Wildman–Crippen MR) is 48.2 cm³/mol. The second kappa shape index (κ2) is 131. The van der Waals surface area contributed by atoms with Gasteiger partial charge in [0.1, 0.15) is 0 Å². The maximum absolute atomic E-state index is 4.61. The van der Waals surface area contributed by atoms with Crippen LogP contribution in [0.5, 0.6) is 0 Å². The summed E-state index contributed by atoms with van der Waals surface area (Å²) in [4.78, 5) is 0. The van der Waals surface area contributed by atoms with E-state index >= 15 is 0 Å². The minimum Gasteiger partial charge on any atom is -0.405 e. The van der Waals surface area contributed by atoms with E-state index in [9.17, 15) is 0 Å². The second-order valence-electron chi connectivity index (χ2n) is 0.707. The van der Waals surface area contributed by atoms with Gasteiger partial charge in [-0.05, 0) is 18.6 Å². The van der Waals surface area contributed by atoms with Crippen molar-refractivity contribution < 1.29 is 0 Å². The zero-order valence-electron chi connectivity index (χ0n) is 6.29. The zero-order valence-corrected chi connectivity index (χ0v) is 6.29. The molecular weight excluding hydrogens is 128 g/mol. The van der Waals surface area contributed by atoms with Crippen LogP contribution in [0.25, 0.3) is 0 Å². The molecule has 4 heteroatoms. The molecule has 0 aliphatic heterocycles. The topological polar surface area (TPSA) is 113 Å². The molecule has 0 spiro atoms. The molecule has 0 fully saturated rings. The summed E-state index contributed by atoms with van der Waals surface area (Å²) in [5.74, 6) is 0. The molecule has 9 N–H and O–H groups in total. The summed E-state index contributed by atoms with van der Waals surface area (Å²) < 4.78 is 0. The fourth-order valence-corrected chi connectivity index (χ4v) is 0. The summed E-state index contributed by atoms with van der Waals surface area (Å²) in [6, 6.07) is 0. The van der Waals surface area contributed by atoms with Crippen LogP contribution in [0.15, 0.2) is 38.3 Å². The lowest BCUT2D eigenvalue weighted by atomic mass is 11.1. The molecule has 10 heavy (non-hydrogen) atoms. The molecule has 0 amide bonds. The molecule has 0 saturated carbocycles. The lowest BCUT2D eigenvalue weighted by Crippen LogP contribution is -1.67. The molecule has 0 aliphatic rings. The molecule has 0 saturated heterocycles. The highest BCUT2D eigenvalue weighted by atomic mass is 14.5. The lowest BCUT2D eigenvalue weighted by molar-refractivity contribution is 1.64. The Morgan fingerprint density at radius 1 is 0.700 bits per heavy atom. The summed E-state index contributed by atoms with van der Waals surface area (Å²) in [6.07, 6.45) is 3.75. The Kier molecular flexibility index (Phi) is 309. The fraction of sp³-hybridized carbons (Fsp3) is 0. The molecule has 4 nitrogen and oxygen atoms in total. The third kappa shape index (κ3) is 102. The molecule has 0 unspecified atom stereocenters. The fourth-order valence-electron chi connectivity index (χ4n) is 0. The highest BCUT2D eigenvalue weighted by Gasteiger charge is 1.09. The normalized spacial score (nSPS) is 3.60. The number of nitrogens with two attached hydrogens (primary N) is 3. The van der Waals surface area contributed by atoms with Gasteiger partial charge in [-0.3, -0.25) is 0 Å². The van der Waals surface area contributed by atoms with Gasteiger partial charge in [0.25, 0.3) is 0 Å². The highest BCUT2D eigenvalue weighted by molar-refractivity contribution is 4.49. The Bertz CT molecular complexity index is 46.5. The highest BCUT2D eigenvalue weighted by Crippen LogP contribution is 1.14. The van der Waals surface area contributed by atoms with E-state index in [-0.39, 0.29) is 6.15 Å². The summed E-state index contributed by atoms with van der Waals surface area (Å²) in [7, 11) is 0. The van der Waals surface area contributed by atoms with Crippen LogP contribution < -0.4 is 23.4 Å². The molecule has 0 bridgehead atoms. The van der Waals surface area contributed by atoms with E-state index in [0.717, 1.165) is 0 Å². The quantitative estimate of drug-likeness (QED) is 0.396. The summed E-state index contributed by atoms with van der Waals surface area (Å²) in [6.45, 7) is 9.42. The maximum atomic E-state index is 4.61. The average Bonchev–Trinajstić information content (AvgIpc) is 1.70. The van der Waals surface area contributed by atoms with E-state index in [2.05, 4.69) is 36.9 Å². The molecule has 0 aromatic heterocycles. The molecule has 0 radical (unpaired) electrons. The maximum Gasteiger partial charge on any atom is -0.0136 e. The Labute approximate surface area is 62.7 Å². The van der Waals surface area contributed by atoms with E-state index in [4.69, 9.17) is 0 Å². The van der Waals surface area contributed by atoms with Gasteiger partial charge in [0.05, 0.1) is 0 Å². The summed E-state index contributed by atoms with van der Waals surface area (Å²) >= 11 is 0. The van der Waals surface area contributed by atoms with Crippen molar-refractivity contribution in [2.45, 2.75) is 0 Å². The number of rotatable bonds is 0. The summed E-state index contributed by atoms with van der Waals surface area (Å²) in [5.41, 5.74) is 13.8. The lowest BCUT2D eigenvalue weighted by Gasteiger charge is -1.40. The monoisotopic (exact) mass is 146 g/mol. The smallest absolute Gasteiger partial charge is 0.0136 e. The molecular formula is C6H18N4. The Morgan fingerprint density at radius 2 is 0.700 bits per heavy atom. The minimum absolute atomic E-state index is 0. The van der Waals surface area contributed by atoms with Crippen molar-refractivity contribution in [3.8, 4) is 0 Å². The first kappa shape index (κ1) is 23.5. The summed E-state index contributed by atoms with van der Waals surface area (Å²) in [5, 5.41) is 0. The molecule has 0 atom stereocenters. The second-order valence-corrected chi connectivity index (χ2v) is 0.707. The van der Waals surface area contributed by atoms with Crippen LogP contribution >= 0.6 is 0 Å². The largest absolute Gasteiger partial charge is 0.405 e. The molecule has 0 aliphatic carbocycles. The molecule has 0 aromatic rings. The van der Waals surface area contributed by atoms with Crippen LogP contribution in [-0.2, 0) is 0 Å². The van der Waals surface area contributed by atoms with Crippen LogP contribution in [-0.4, -0.2) is 0 Å². The van der Waals surface area contributed by atoms with E-state index in [1.54, 1.807) is 0 Å². The van der Waals surface area contributed by atoms with E-state index in [0.29, 0.717) is 0 Å². The van der Waals surface area contributed by atoms with Crippen LogP contribution in [0.2, 0.25) is 0 Å². The third-order valence-electron chi connectivity index (χ3n) is 0. The van der Waals surface area contributed by atoms with Crippen molar-refractivity contribution in [2.24, 2.45) is 17.2 Å². The van der Waals surface area contributed by atoms with Crippen molar-refractivity contribution in [1.29, 1.82) is 0 Å². The first-order valence-electron chi connectivity index (χ1n) is 2.22. The van der Waals surface area contributed by atoms with Crippen molar-refractivity contribution in [2.75, 3.05) is 0 Å². The van der Waals surface area contributed by atoms with E-state index in [1.807, 2.05) is 0 Å². The van der Waals surface area contributed by atoms with Gasteiger partial charge in [-0.25, -0.2) is 0 Å². The Balaban J connectivity index is -0.0000000257. The first-order chi connectivity index (χ1) is 4.24. The first-order valence-corrected chi connectivity index (χ1v) is 2.22. The van der Waals surface area contributed by atoms with Crippen LogP contribution in [0.1, 0.15) is 0 Å². The van der Waals surface area contributed by atoms with Gasteiger partial charge < -0.3 is 23.4 Å². The Hall–Kier alpha value is -1.42. The van der Waals surface area contributed by atoms with Crippen molar-refractivity contribution in [1.82, 2.24) is 6.15 Å². The number of hydrogen-bond donors (Lipinski definition) is 4. The van der Waals surface area contributed by atoms with Crippen LogP contribution in [0.3, 0.4) is 0 Å². The van der Waals surface area contributed by atoms with Gasteiger partial charge in [-0.1, -0.05) is 19.7 Å². The number of hydrogen-bond acceptors (Lipinski definition) is 4.